The molecule has 0 spiro atoms. The van der Waals surface area contributed by atoms with Gasteiger partial charge in [0, 0.05) is 44.3 Å². The Labute approximate surface area is 296 Å². The van der Waals surface area contributed by atoms with Gasteiger partial charge in [0.1, 0.15) is 31.0 Å². The van der Waals surface area contributed by atoms with Gasteiger partial charge in [0.2, 0.25) is 11.8 Å². The molecule has 3 saturated heterocycles. The number of alkyl carbamates (subject to hydrolysis) is 2. The van der Waals surface area contributed by atoms with E-state index in [1.807, 2.05) is 41.5 Å². The van der Waals surface area contributed by atoms with Gasteiger partial charge in [-0.25, -0.2) is 14.4 Å². The topological polar surface area (TPSA) is 242 Å². The predicted octanol–water partition coefficient (Wildman–Crippen LogP) is 0.228. The van der Waals surface area contributed by atoms with Crippen molar-refractivity contribution in [2.45, 2.75) is 116 Å². The van der Waals surface area contributed by atoms with E-state index in [9.17, 15) is 24.0 Å². The number of likely N-dealkylation sites (tertiary alicyclic amines) is 2. The van der Waals surface area contributed by atoms with Crippen molar-refractivity contribution in [1.29, 1.82) is 0 Å². The van der Waals surface area contributed by atoms with E-state index >= 15 is 0 Å². The lowest BCUT2D eigenvalue weighted by atomic mass is 10.1. The van der Waals surface area contributed by atoms with Crippen molar-refractivity contribution in [1.82, 2.24) is 25.8 Å². The molecule has 17 nitrogen and oxygen atoms in total. The molecule has 3 rings (SSSR count). The second kappa shape index (κ2) is 24.8. The molecule has 4 amide bonds. The molecule has 50 heavy (non-hydrogen) atoms. The molecule has 0 atom stereocenters. The average molecular weight is 721 g/mol. The van der Waals surface area contributed by atoms with Gasteiger partial charge < -0.3 is 61.0 Å². The van der Waals surface area contributed by atoms with Crippen LogP contribution in [0.2, 0.25) is 0 Å². The molecule has 3 aliphatic heterocycles. The first-order valence-electron chi connectivity index (χ1n) is 17.3. The Morgan fingerprint density at radius 1 is 0.680 bits per heavy atom. The zero-order valence-corrected chi connectivity index (χ0v) is 31.1. The summed E-state index contributed by atoms with van der Waals surface area (Å²) in [5.74, 6) is -1.01. The van der Waals surface area contributed by atoms with Crippen LogP contribution in [0.4, 0.5) is 9.59 Å². The Hall–Kier alpha value is -3.25. The first kappa shape index (κ1) is 46.8. The van der Waals surface area contributed by atoms with Gasteiger partial charge in [-0.1, -0.05) is 0 Å². The summed E-state index contributed by atoms with van der Waals surface area (Å²) in [6.07, 6.45) is 4.32. The molecule has 0 aromatic rings. The molecule has 0 bridgehead atoms. The highest BCUT2D eigenvalue weighted by Gasteiger charge is 2.25. The van der Waals surface area contributed by atoms with Crippen molar-refractivity contribution in [2.24, 2.45) is 5.73 Å². The van der Waals surface area contributed by atoms with Crippen LogP contribution in [0.3, 0.4) is 0 Å². The second-order valence-electron chi connectivity index (χ2n) is 14.0. The van der Waals surface area contributed by atoms with Gasteiger partial charge >= 0.3 is 18.2 Å². The summed E-state index contributed by atoms with van der Waals surface area (Å²) in [4.78, 5) is 58.3. The van der Waals surface area contributed by atoms with Gasteiger partial charge in [-0.05, 0) is 100 Å². The SMILES string of the molecule is CC(C)(C)OC(=O)NC1CCN(C(=O)CO)CC1.CC(C)(C)OC(=O)NC1CCNCC1.CCOC(=O)CO.NC1CCN(C(=O)CO)CC1. The number of nitrogens with zero attached hydrogens (tertiary/aromatic N) is 2. The van der Waals surface area contributed by atoms with Crippen LogP contribution in [-0.2, 0) is 28.6 Å². The maximum absolute atomic E-state index is 11.5. The van der Waals surface area contributed by atoms with Crippen LogP contribution in [0, 0.1) is 0 Å². The van der Waals surface area contributed by atoms with Crippen molar-refractivity contribution >= 4 is 30.0 Å². The van der Waals surface area contributed by atoms with E-state index in [0.717, 1.165) is 38.8 Å². The number of amides is 4. The molecule has 0 unspecified atom stereocenters. The molecule has 17 heteroatoms. The minimum absolute atomic E-state index is 0.0302. The third-order valence-electron chi connectivity index (χ3n) is 7.23. The molecule has 3 aliphatic rings. The normalized spacial score (nSPS) is 17.3. The molecule has 0 saturated carbocycles. The number of nitrogens with two attached hydrogens (primary N) is 1. The summed E-state index contributed by atoms with van der Waals surface area (Å²) >= 11 is 0. The molecule has 0 aliphatic carbocycles. The third kappa shape index (κ3) is 24.0. The monoisotopic (exact) mass is 720 g/mol. The van der Waals surface area contributed by atoms with Crippen molar-refractivity contribution < 1.29 is 53.5 Å². The first-order chi connectivity index (χ1) is 23.3. The lowest BCUT2D eigenvalue weighted by molar-refractivity contribution is -0.146. The molecule has 0 radical (unpaired) electrons. The Morgan fingerprint density at radius 3 is 1.38 bits per heavy atom. The zero-order chi connectivity index (χ0) is 38.3. The number of aliphatic hydroxyl groups is 3. The number of rotatable bonds is 6. The Kier molecular flexibility index (Phi) is 23.2. The summed E-state index contributed by atoms with van der Waals surface area (Å²) < 4.78 is 14.6. The number of ether oxygens (including phenoxy) is 3. The molecule has 8 N–H and O–H groups in total. The van der Waals surface area contributed by atoms with E-state index in [0.29, 0.717) is 45.6 Å². The van der Waals surface area contributed by atoms with Crippen molar-refractivity contribution in [3.05, 3.63) is 0 Å². The average Bonchev–Trinajstić information content (AvgIpc) is 3.04. The molecule has 292 valence electrons. The molecular formula is C33H64N6O11. The summed E-state index contributed by atoms with van der Waals surface area (Å²) in [5, 5.41) is 34.2. The van der Waals surface area contributed by atoms with Gasteiger partial charge in [-0.3, -0.25) is 9.59 Å². The van der Waals surface area contributed by atoms with Crippen LogP contribution in [0.25, 0.3) is 0 Å². The summed E-state index contributed by atoms with van der Waals surface area (Å²) in [6.45, 7) is 16.2. The van der Waals surface area contributed by atoms with Gasteiger partial charge in [-0.15, -0.1) is 0 Å². The molecule has 0 aromatic heterocycles. The predicted molar refractivity (Wildman–Crippen MR) is 186 cm³/mol. The van der Waals surface area contributed by atoms with Crippen LogP contribution in [-0.4, -0.2) is 150 Å². The minimum atomic E-state index is -0.567. The summed E-state index contributed by atoms with van der Waals surface area (Å²) in [5.41, 5.74) is 4.73. The van der Waals surface area contributed by atoms with E-state index in [-0.39, 0.29) is 42.6 Å². The number of aliphatic hydroxyl groups excluding tert-OH is 3. The highest BCUT2D eigenvalue weighted by molar-refractivity contribution is 5.77. The zero-order valence-electron chi connectivity index (χ0n) is 31.1. The number of carbonyl (C=O) groups is 5. The Bertz CT molecular complexity index is 997. The van der Waals surface area contributed by atoms with E-state index in [4.69, 9.17) is 30.5 Å². The van der Waals surface area contributed by atoms with Crippen LogP contribution < -0.4 is 21.7 Å². The molecule has 3 heterocycles. The van der Waals surface area contributed by atoms with E-state index < -0.39 is 36.5 Å². The van der Waals surface area contributed by atoms with Crippen LogP contribution in [0.5, 0.6) is 0 Å². The van der Waals surface area contributed by atoms with E-state index in [2.05, 4.69) is 20.7 Å². The van der Waals surface area contributed by atoms with Crippen molar-refractivity contribution in [2.75, 3.05) is 65.7 Å². The van der Waals surface area contributed by atoms with Crippen molar-refractivity contribution in [3.63, 3.8) is 0 Å². The Morgan fingerprint density at radius 2 is 1.06 bits per heavy atom. The largest absolute Gasteiger partial charge is 0.464 e. The fourth-order valence-electron chi connectivity index (χ4n) is 4.74. The standard InChI is InChI=1S/C12H22N2O4.C10H20N2O2.C7H14N2O2.C4H8O3/c1-12(2,3)18-11(17)13-9-4-6-14(7-5-9)10(16)8-15;1-10(2,3)14-9(13)12-8-4-6-11-7-5-8;8-6-1-3-9(4-2-6)7(11)5-10;1-2-7-4(6)3-5/h9,15H,4-8H2,1-3H3,(H,13,17);8,11H,4-7H2,1-3H3,(H,12,13);6,10H,1-5,8H2;5H,2-3H2,1H3. The summed E-state index contributed by atoms with van der Waals surface area (Å²) in [7, 11) is 0. The smallest absolute Gasteiger partial charge is 0.407 e. The van der Waals surface area contributed by atoms with Crippen LogP contribution >= 0.6 is 0 Å². The van der Waals surface area contributed by atoms with Crippen molar-refractivity contribution in [3.8, 4) is 0 Å². The quantitative estimate of drug-likeness (QED) is 0.144. The fourth-order valence-corrected chi connectivity index (χ4v) is 4.74. The molecule has 0 aromatic carbocycles. The number of nitrogens with one attached hydrogen (secondary N) is 3. The Balaban J connectivity index is 0.000000673. The van der Waals surface area contributed by atoms with Gasteiger partial charge in [0.15, 0.2) is 0 Å². The maximum atomic E-state index is 11.5. The number of hydrogen-bond acceptors (Lipinski definition) is 13. The number of carbonyl (C=O) groups excluding carboxylic acids is 5. The first-order valence-corrected chi connectivity index (χ1v) is 17.3. The van der Waals surface area contributed by atoms with Gasteiger partial charge in [0.05, 0.1) is 6.61 Å². The molecular weight excluding hydrogens is 656 g/mol. The number of esters is 1. The highest BCUT2D eigenvalue weighted by Crippen LogP contribution is 2.13. The van der Waals surface area contributed by atoms with Crippen LogP contribution in [0.15, 0.2) is 0 Å². The lowest BCUT2D eigenvalue weighted by Gasteiger charge is -2.32. The fraction of sp³-hybridized carbons (Fsp3) is 0.848. The van der Waals surface area contributed by atoms with E-state index in [1.54, 1.807) is 16.7 Å². The molecule has 3 fully saturated rings. The maximum Gasteiger partial charge on any atom is 0.407 e. The van der Waals surface area contributed by atoms with Crippen LogP contribution in [0.1, 0.15) is 87.0 Å². The lowest BCUT2D eigenvalue weighted by Crippen LogP contribution is -2.48. The second-order valence-corrected chi connectivity index (χ2v) is 14.0. The van der Waals surface area contributed by atoms with E-state index in [1.165, 1.54) is 0 Å². The third-order valence-corrected chi connectivity index (χ3v) is 7.23. The summed E-state index contributed by atoms with van der Waals surface area (Å²) in [6, 6.07) is 0.534. The number of hydrogen-bond donors (Lipinski definition) is 7. The highest BCUT2D eigenvalue weighted by atomic mass is 16.6. The van der Waals surface area contributed by atoms with Gasteiger partial charge in [-0.2, -0.15) is 0 Å². The van der Waals surface area contributed by atoms with Gasteiger partial charge in [0.25, 0.3) is 0 Å². The number of piperidine rings is 3. The minimum Gasteiger partial charge on any atom is -0.464 e.